The SMILES string of the molecule is CCC(CO)(CO)NC(=O)c1cc(Br)cc(Br)c1. The van der Waals surface area contributed by atoms with Crippen LogP contribution in [0.2, 0.25) is 0 Å². The summed E-state index contributed by atoms with van der Waals surface area (Å²) < 4.78 is 1.55. The number of halogens is 2. The molecule has 0 atom stereocenters. The summed E-state index contributed by atoms with van der Waals surface area (Å²) in [5.74, 6) is -0.332. The minimum absolute atomic E-state index is 0.305. The van der Waals surface area contributed by atoms with Gasteiger partial charge in [0.15, 0.2) is 0 Å². The van der Waals surface area contributed by atoms with Gasteiger partial charge in [-0.3, -0.25) is 4.79 Å². The van der Waals surface area contributed by atoms with Crippen molar-refractivity contribution in [3.8, 4) is 0 Å². The van der Waals surface area contributed by atoms with Crippen molar-refractivity contribution in [2.24, 2.45) is 0 Å². The van der Waals surface area contributed by atoms with Gasteiger partial charge in [0.25, 0.3) is 5.91 Å². The molecule has 0 aliphatic heterocycles. The Morgan fingerprint density at radius 2 is 1.72 bits per heavy atom. The number of nitrogens with one attached hydrogen (secondary N) is 1. The average Bonchev–Trinajstić information content (AvgIpc) is 2.35. The zero-order valence-corrected chi connectivity index (χ0v) is 13.1. The molecular weight excluding hydrogens is 366 g/mol. The zero-order chi connectivity index (χ0) is 13.8. The Bertz CT molecular complexity index is 405. The van der Waals surface area contributed by atoms with Crippen LogP contribution < -0.4 is 5.32 Å². The minimum Gasteiger partial charge on any atom is -0.394 e. The summed E-state index contributed by atoms with van der Waals surface area (Å²) in [6.45, 7) is 1.19. The number of hydrogen-bond donors (Lipinski definition) is 3. The molecule has 3 N–H and O–H groups in total. The Balaban J connectivity index is 2.94. The largest absolute Gasteiger partial charge is 0.394 e. The molecule has 0 bridgehead atoms. The van der Waals surface area contributed by atoms with Crippen LogP contribution in [0.15, 0.2) is 27.1 Å². The maximum Gasteiger partial charge on any atom is 0.251 e. The van der Waals surface area contributed by atoms with Gasteiger partial charge in [-0.05, 0) is 24.6 Å². The van der Waals surface area contributed by atoms with E-state index in [9.17, 15) is 15.0 Å². The number of carbonyl (C=O) groups is 1. The van der Waals surface area contributed by atoms with Gasteiger partial charge < -0.3 is 15.5 Å². The molecule has 18 heavy (non-hydrogen) atoms. The maximum absolute atomic E-state index is 12.1. The van der Waals surface area contributed by atoms with E-state index in [1.807, 2.05) is 6.07 Å². The van der Waals surface area contributed by atoms with Crippen molar-refractivity contribution in [1.29, 1.82) is 0 Å². The first-order valence-corrected chi connectivity index (χ1v) is 7.05. The quantitative estimate of drug-likeness (QED) is 0.732. The highest BCUT2D eigenvalue weighted by Crippen LogP contribution is 2.21. The second-order valence-electron chi connectivity index (χ2n) is 4.06. The highest BCUT2D eigenvalue weighted by molar-refractivity contribution is 9.11. The van der Waals surface area contributed by atoms with Crippen molar-refractivity contribution in [1.82, 2.24) is 5.32 Å². The van der Waals surface area contributed by atoms with E-state index in [2.05, 4.69) is 37.2 Å². The Morgan fingerprint density at radius 1 is 1.22 bits per heavy atom. The Labute approximate surface area is 123 Å². The summed E-state index contributed by atoms with van der Waals surface area (Å²) in [5, 5.41) is 21.2. The van der Waals surface area contributed by atoms with E-state index >= 15 is 0 Å². The van der Waals surface area contributed by atoms with Gasteiger partial charge in [0, 0.05) is 14.5 Å². The van der Waals surface area contributed by atoms with Crippen LogP contribution in [-0.4, -0.2) is 34.9 Å². The second-order valence-corrected chi connectivity index (χ2v) is 5.89. The summed E-state index contributed by atoms with van der Waals surface area (Å²) in [6, 6.07) is 5.17. The van der Waals surface area contributed by atoms with Crippen molar-refractivity contribution in [2.45, 2.75) is 18.9 Å². The summed E-state index contributed by atoms with van der Waals surface area (Å²) >= 11 is 6.61. The summed E-state index contributed by atoms with van der Waals surface area (Å²) in [7, 11) is 0. The lowest BCUT2D eigenvalue weighted by molar-refractivity contribution is 0.0653. The molecule has 0 heterocycles. The van der Waals surface area contributed by atoms with Crippen LogP contribution in [0.4, 0.5) is 0 Å². The second kappa shape index (κ2) is 6.65. The number of hydrogen-bond acceptors (Lipinski definition) is 3. The number of aliphatic hydroxyl groups excluding tert-OH is 2. The molecule has 6 heteroatoms. The molecule has 0 fully saturated rings. The lowest BCUT2D eigenvalue weighted by atomic mass is 9.98. The molecule has 0 aromatic heterocycles. The van der Waals surface area contributed by atoms with Crippen molar-refractivity contribution in [3.05, 3.63) is 32.7 Å². The van der Waals surface area contributed by atoms with Crippen molar-refractivity contribution in [2.75, 3.05) is 13.2 Å². The maximum atomic E-state index is 12.1. The lowest BCUT2D eigenvalue weighted by Crippen LogP contribution is -2.53. The van der Waals surface area contributed by atoms with Crippen LogP contribution >= 0.6 is 31.9 Å². The van der Waals surface area contributed by atoms with E-state index in [1.54, 1.807) is 19.1 Å². The van der Waals surface area contributed by atoms with Gasteiger partial charge in [-0.2, -0.15) is 0 Å². The smallest absolute Gasteiger partial charge is 0.251 e. The van der Waals surface area contributed by atoms with E-state index in [-0.39, 0.29) is 19.1 Å². The summed E-state index contributed by atoms with van der Waals surface area (Å²) in [4.78, 5) is 12.1. The van der Waals surface area contributed by atoms with Crippen LogP contribution in [-0.2, 0) is 0 Å². The number of aliphatic hydroxyl groups is 2. The third kappa shape index (κ3) is 3.78. The molecule has 0 saturated carbocycles. The predicted molar refractivity (Wildman–Crippen MR) is 76.5 cm³/mol. The molecule has 0 spiro atoms. The van der Waals surface area contributed by atoms with E-state index in [0.29, 0.717) is 12.0 Å². The molecule has 1 aromatic carbocycles. The highest BCUT2D eigenvalue weighted by Gasteiger charge is 2.29. The van der Waals surface area contributed by atoms with Gasteiger partial charge in [0.2, 0.25) is 0 Å². The first-order valence-electron chi connectivity index (χ1n) is 5.46. The van der Waals surface area contributed by atoms with Gasteiger partial charge in [0.05, 0.1) is 18.8 Å². The fourth-order valence-electron chi connectivity index (χ4n) is 1.44. The molecular formula is C12H15Br2NO3. The zero-order valence-electron chi connectivity index (χ0n) is 9.91. The molecule has 4 nitrogen and oxygen atoms in total. The van der Waals surface area contributed by atoms with Crippen LogP contribution in [0, 0.1) is 0 Å². The van der Waals surface area contributed by atoms with Gasteiger partial charge in [0.1, 0.15) is 0 Å². The van der Waals surface area contributed by atoms with Crippen molar-refractivity contribution >= 4 is 37.8 Å². The van der Waals surface area contributed by atoms with E-state index in [4.69, 9.17) is 0 Å². The first-order chi connectivity index (χ1) is 8.46. The Hall–Kier alpha value is -0.430. The molecule has 0 unspecified atom stereocenters. The summed E-state index contributed by atoms with van der Waals surface area (Å²) in [6.07, 6.45) is 0.445. The minimum atomic E-state index is -0.980. The first kappa shape index (κ1) is 15.6. The van der Waals surface area contributed by atoms with Crippen LogP contribution in [0.3, 0.4) is 0 Å². The highest BCUT2D eigenvalue weighted by atomic mass is 79.9. The summed E-state index contributed by atoms with van der Waals surface area (Å²) in [5.41, 5.74) is -0.526. The van der Waals surface area contributed by atoms with Gasteiger partial charge in [-0.15, -0.1) is 0 Å². The Kier molecular flexibility index (Phi) is 5.78. The number of carbonyl (C=O) groups excluding carboxylic acids is 1. The number of benzene rings is 1. The number of rotatable bonds is 5. The molecule has 0 aliphatic rings. The van der Waals surface area contributed by atoms with Crippen LogP contribution in [0.5, 0.6) is 0 Å². The van der Waals surface area contributed by atoms with Crippen LogP contribution in [0.1, 0.15) is 23.7 Å². The van der Waals surface area contributed by atoms with Gasteiger partial charge in [-0.25, -0.2) is 0 Å². The predicted octanol–water partition coefficient (Wildman–Crippen LogP) is 2.07. The molecule has 0 radical (unpaired) electrons. The van der Waals surface area contributed by atoms with Gasteiger partial charge in [-0.1, -0.05) is 38.8 Å². The number of amides is 1. The van der Waals surface area contributed by atoms with E-state index < -0.39 is 5.54 Å². The Morgan fingerprint density at radius 3 is 2.11 bits per heavy atom. The monoisotopic (exact) mass is 379 g/mol. The third-order valence-corrected chi connectivity index (χ3v) is 3.70. The van der Waals surface area contributed by atoms with E-state index in [0.717, 1.165) is 8.95 Å². The lowest BCUT2D eigenvalue weighted by Gasteiger charge is -2.29. The fourth-order valence-corrected chi connectivity index (χ4v) is 2.73. The topological polar surface area (TPSA) is 69.6 Å². The molecule has 0 aliphatic carbocycles. The molecule has 0 saturated heterocycles. The molecule has 100 valence electrons. The van der Waals surface area contributed by atoms with Crippen molar-refractivity contribution < 1.29 is 15.0 Å². The molecule has 1 rings (SSSR count). The van der Waals surface area contributed by atoms with Crippen molar-refractivity contribution in [3.63, 3.8) is 0 Å². The normalized spacial score (nSPS) is 11.4. The standard InChI is InChI=1S/C12H15Br2NO3/c1-2-12(6-16,7-17)15-11(18)8-3-9(13)5-10(14)4-8/h3-5,16-17H,2,6-7H2,1H3,(H,15,18). The molecule has 1 aromatic rings. The van der Waals surface area contributed by atoms with Gasteiger partial charge >= 0.3 is 0 Å². The molecule has 1 amide bonds. The van der Waals surface area contributed by atoms with Crippen LogP contribution in [0.25, 0.3) is 0 Å². The third-order valence-electron chi connectivity index (χ3n) is 2.79. The average molecular weight is 381 g/mol. The fraction of sp³-hybridized carbons (Fsp3) is 0.417. The van der Waals surface area contributed by atoms with E-state index in [1.165, 1.54) is 0 Å².